The minimum atomic E-state index is -0.232. The molecule has 0 aromatic rings. The Balaban J connectivity index is 2.34. The first-order valence-corrected chi connectivity index (χ1v) is 5.48. The SMILES string of the molecule is CC#CC(=O)NC1CCC(C(=O)OC)CC1. The Kier molecular flexibility index (Phi) is 4.84. The van der Waals surface area contributed by atoms with E-state index in [0.29, 0.717) is 0 Å². The largest absolute Gasteiger partial charge is 0.469 e. The van der Waals surface area contributed by atoms with E-state index in [2.05, 4.69) is 17.2 Å². The third-order valence-electron chi connectivity index (χ3n) is 2.84. The summed E-state index contributed by atoms with van der Waals surface area (Å²) < 4.78 is 4.70. The molecule has 1 aliphatic rings. The van der Waals surface area contributed by atoms with Gasteiger partial charge in [0.2, 0.25) is 0 Å². The van der Waals surface area contributed by atoms with Gasteiger partial charge in [-0.15, -0.1) is 0 Å². The van der Waals surface area contributed by atoms with Crippen molar-refractivity contribution in [2.24, 2.45) is 5.92 Å². The molecule has 0 atom stereocenters. The third-order valence-corrected chi connectivity index (χ3v) is 2.84. The molecule has 1 N–H and O–H groups in total. The van der Waals surface area contributed by atoms with E-state index in [-0.39, 0.29) is 23.8 Å². The molecule has 0 saturated heterocycles. The first kappa shape index (κ1) is 12.6. The minimum Gasteiger partial charge on any atom is -0.469 e. The summed E-state index contributed by atoms with van der Waals surface area (Å²) in [5, 5.41) is 2.83. The van der Waals surface area contributed by atoms with E-state index in [1.807, 2.05) is 0 Å². The molecule has 0 unspecified atom stereocenters. The number of ether oxygens (including phenoxy) is 1. The quantitative estimate of drug-likeness (QED) is 0.558. The molecule has 0 spiro atoms. The summed E-state index contributed by atoms with van der Waals surface area (Å²) >= 11 is 0. The van der Waals surface area contributed by atoms with Crippen LogP contribution >= 0.6 is 0 Å². The molecule has 4 nitrogen and oxygen atoms in total. The molecule has 0 aromatic carbocycles. The van der Waals surface area contributed by atoms with E-state index in [1.165, 1.54) is 7.11 Å². The van der Waals surface area contributed by atoms with E-state index in [1.54, 1.807) is 6.92 Å². The molecule has 0 bridgehead atoms. The number of nitrogens with one attached hydrogen (secondary N) is 1. The van der Waals surface area contributed by atoms with Gasteiger partial charge in [0.05, 0.1) is 13.0 Å². The summed E-state index contributed by atoms with van der Waals surface area (Å²) in [4.78, 5) is 22.5. The molecular formula is C12H17NO3. The number of hydrogen-bond donors (Lipinski definition) is 1. The Morgan fingerprint density at radius 2 is 1.88 bits per heavy atom. The van der Waals surface area contributed by atoms with Crippen LogP contribution in [0.1, 0.15) is 32.6 Å². The molecule has 1 saturated carbocycles. The lowest BCUT2D eigenvalue weighted by atomic mass is 9.86. The maximum absolute atomic E-state index is 11.3. The van der Waals surface area contributed by atoms with Crippen LogP contribution in [0.25, 0.3) is 0 Å². The molecule has 0 heterocycles. The molecule has 4 heteroatoms. The molecule has 1 aliphatic carbocycles. The molecular weight excluding hydrogens is 206 g/mol. The van der Waals surface area contributed by atoms with Crippen molar-refractivity contribution in [2.45, 2.75) is 38.6 Å². The van der Waals surface area contributed by atoms with Crippen molar-refractivity contribution in [3.63, 3.8) is 0 Å². The fourth-order valence-corrected chi connectivity index (χ4v) is 1.98. The third kappa shape index (κ3) is 3.58. The first-order chi connectivity index (χ1) is 7.67. The highest BCUT2D eigenvalue weighted by Crippen LogP contribution is 2.25. The predicted molar refractivity (Wildman–Crippen MR) is 59.4 cm³/mol. The van der Waals surface area contributed by atoms with Crippen molar-refractivity contribution in [2.75, 3.05) is 7.11 Å². The van der Waals surface area contributed by atoms with Gasteiger partial charge in [-0.2, -0.15) is 0 Å². The summed E-state index contributed by atoms with van der Waals surface area (Å²) in [6.07, 6.45) is 3.18. The second-order valence-electron chi connectivity index (χ2n) is 3.92. The lowest BCUT2D eigenvalue weighted by Crippen LogP contribution is -2.38. The number of hydrogen-bond acceptors (Lipinski definition) is 3. The molecule has 16 heavy (non-hydrogen) atoms. The summed E-state index contributed by atoms with van der Waals surface area (Å²) in [6.45, 7) is 1.63. The molecule has 0 radical (unpaired) electrons. The zero-order chi connectivity index (χ0) is 12.0. The van der Waals surface area contributed by atoms with E-state index in [9.17, 15) is 9.59 Å². The van der Waals surface area contributed by atoms with Crippen LogP contribution < -0.4 is 5.32 Å². The number of carbonyl (C=O) groups is 2. The Labute approximate surface area is 95.7 Å². The second kappa shape index (κ2) is 6.16. The summed E-state index contributed by atoms with van der Waals surface area (Å²) in [6, 6.07) is 0.147. The highest BCUT2D eigenvalue weighted by molar-refractivity contribution is 5.93. The average molecular weight is 223 g/mol. The van der Waals surface area contributed by atoms with Gasteiger partial charge in [0, 0.05) is 6.04 Å². The van der Waals surface area contributed by atoms with Gasteiger partial charge in [-0.3, -0.25) is 9.59 Å². The smallest absolute Gasteiger partial charge is 0.308 e. The van der Waals surface area contributed by atoms with Crippen molar-refractivity contribution >= 4 is 11.9 Å². The highest BCUT2D eigenvalue weighted by atomic mass is 16.5. The van der Waals surface area contributed by atoms with E-state index in [0.717, 1.165) is 25.7 Å². The number of amides is 1. The normalized spacial score (nSPS) is 23.9. The van der Waals surface area contributed by atoms with Gasteiger partial charge in [-0.1, -0.05) is 5.92 Å². The van der Waals surface area contributed by atoms with Gasteiger partial charge in [0.25, 0.3) is 5.91 Å². The van der Waals surface area contributed by atoms with Gasteiger partial charge in [-0.25, -0.2) is 0 Å². The van der Waals surface area contributed by atoms with Crippen LogP contribution in [0.5, 0.6) is 0 Å². The maximum atomic E-state index is 11.3. The zero-order valence-electron chi connectivity index (χ0n) is 9.71. The van der Waals surface area contributed by atoms with Gasteiger partial charge in [0.1, 0.15) is 0 Å². The van der Waals surface area contributed by atoms with Crippen LogP contribution in [-0.2, 0) is 14.3 Å². The standard InChI is InChI=1S/C12H17NO3/c1-3-4-11(14)13-10-7-5-9(6-8-10)12(15)16-2/h9-10H,5-8H2,1-2H3,(H,13,14). The number of rotatable bonds is 2. The molecule has 1 rings (SSSR count). The lowest BCUT2D eigenvalue weighted by molar-refractivity contribution is -0.146. The zero-order valence-corrected chi connectivity index (χ0v) is 9.71. The maximum Gasteiger partial charge on any atom is 0.308 e. The van der Waals surface area contributed by atoms with Crippen LogP contribution in [0.15, 0.2) is 0 Å². The average Bonchev–Trinajstić information content (AvgIpc) is 2.29. The molecule has 0 aliphatic heterocycles. The van der Waals surface area contributed by atoms with Crippen molar-refractivity contribution < 1.29 is 14.3 Å². The van der Waals surface area contributed by atoms with E-state index < -0.39 is 0 Å². The molecule has 0 aromatic heterocycles. The van der Waals surface area contributed by atoms with E-state index >= 15 is 0 Å². The Hall–Kier alpha value is -1.50. The molecule has 1 fully saturated rings. The Morgan fingerprint density at radius 3 is 2.38 bits per heavy atom. The van der Waals surface area contributed by atoms with Gasteiger partial charge >= 0.3 is 5.97 Å². The predicted octanol–water partition coefficient (Wildman–Crippen LogP) is 0.858. The summed E-state index contributed by atoms with van der Waals surface area (Å²) in [7, 11) is 1.41. The minimum absolute atomic E-state index is 0.00425. The van der Waals surface area contributed by atoms with Crippen LogP contribution in [-0.4, -0.2) is 25.0 Å². The molecule has 1 amide bonds. The topological polar surface area (TPSA) is 55.4 Å². The van der Waals surface area contributed by atoms with Gasteiger partial charge < -0.3 is 10.1 Å². The summed E-state index contributed by atoms with van der Waals surface area (Å²) in [5.74, 6) is 4.63. The second-order valence-corrected chi connectivity index (χ2v) is 3.92. The van der Waals surface area contributed by atoms with Crippen LogP contribution in [0.4, 0.5) is 0 Å². The van der Waals surface area contributed by atoms with Crippen molar-refractivity contribution in [3.05, 3.63) is 0 Å². The molecule has 88 valence electrons. The van der Waals surface area contributed by atoms with Crippen LogP contribution in [0, 0.1) is 17.8 Å². The highest BCUT2D eigenvalue weighted by Gasteiger charge is 2.27. The van der Waals surface area contributed by atoms with Gasteiger partial charge in [0.15, 0.2) is 0 Å². The van der Waals surface area contributed by atoms with Crippen molar-refractivity contribution in [3.8, 4) is 11.8 Å². The number of methoxy groups -OCH3 is 1. The first-order valence-electron chi connectivity index (χ1n) is 5.48. The van der Waals surface area contributed by atoms with Crippen LogP contribution in [0.3, 0.4) is 0 Å². The number of carbonyl (C=O) groups excluding carboxylic acids is 2. The Bertz CT molecular complexity index is 319. The van der Waals surface area contributed by atoms with Crippen LogP contribution in [0.2, 0.25) is 0 Å². The van der Waals surface area contributed by atoms with Gasteiger partial charge in [-0.05, 0) is 38.5 Å². The Morgan fingerprint density at radius 1 is 1.25 bits per heavy atom. The van der Waals surface area contributed by atoms with Crippen molar-refractivity contribution in [1.82, 2.24) is 5.32 Å². The fourth-order valence-electron chi connectivity index (χ4n) is 1.98. The summed E-state index contributed by atoms with van der Waals surface area (Å²) in [5.41, 5.74) is 0. The number of esters is 1. The van der Waals surface area contributed by atoms with E-state index in [4.69, 9.17) is 4.74 Å². The monoisotopic (exact) mass is 223 g/mol. The lowest BCUT2D eigenvalue weighted by Gasteiger charge is -2.26. The van der Waals surface area contributed by atoms with Crippen molar-refractivity contribution in [1.29, 1.82) is 0 Å². The fraction of sp³-hybridized carbons (Fsp3) is 0.667.